The minimum atomic E-state index is -1.05. The number of anilines is 1. The highest BCUT2D eigenvalue weighted by molar-refractivity contribution is 5.96. The van der Waals surface area contributed by atoms with Crippen molar-refractivity contribution in [2.24, 2.45) is 0 Å². The van der Waals surface area contributed by atoms with Gasteiger partial charge in [-0.25, -0.2) is 4.79 Å². The third-order valence-electron chi connectivity index (χ3n) is 5.76. The summed E-state index contributed by atoms with van der Waals surface area (Å²) in [7, 11) is 1.50. The first kappa shape index (κ1) is 24.0. The van der Waals surface area contributed by atoms with Gasteiger partial charge >= 0.3 is 12.1 Å². The van der Waals surface area contributed by atoms with Gasteiger partial charge in [0.05, 0.1) is 11.9 Å². The number of aromatic nitrogens is 2. The van der Waals surface area contributed by atoms with Crippen LogP contribution < -0.4 is 10.6 Å². The standard InChI is InChI=1S/C25H26N4O6/c1-34-11-10-22(24(32)27-16-12-26-29(13-16)14-23(30)31)28-25(33)35-15-21-19-8-4-2-6-17(19)18-7-3-5-9-20(18)21/h2-9,12-13,21-22H,10-11,14-15H2,1H3,(H,27,32)(H,28,33)(H,30,31). The second-order valence-electron chi connectivity index (χ2n) is 8.11. The van der Waals surface area contributed by atoms with Crippen LogP contribution in [-0.2, 0) is 25.6 Å². The Bertz CT molecular complexity index is 1180. The van der Waals surface area contributed by atoms with Crippen LogP contribution in [0.5, 0.6) is 0 Å². The average molecular weight is 479 g/mol. The van der Waals surface area contributed by atoms with Crippen LogP contribution >= 0.6 is 0 Å². The first-order chi connectivity index (χ1) is 17.0. The number of fused-ring (bicyclic) bond motifs is 3. The van der Waals surface area contributed by atoms with E-state index in [0.717, 1.165) is 22.3 Å². The second-order valence-corrected chi connectivity index (χ2v) is 8.11. The number of carboxylic acids is 1. The summed E-state index contributed by atoms with van der Waals surface area (Å²) < 4.78 is 11.8. The Morgan fingerprint density at radius 3 is 2.37 bits per heavy atom. The summed E-state index contributed by atoms with van der Waals surface area (Å²) in [4.78, 5) is 36.2. The molecule has 10 heteroatoms. The SMILES string of the molecule is COCCC(NC(=O)OCC1c2ccccc2-c2ccccc21)C(=O)Nc1cnn(CC(=O)O)c1. The number of hydrogen-bond acceptors (Lipinski definition) is 6. The van der Waals surface area contributed by atoms with Gasteiger partial charge in [-0.15, -0.1) is 0 Å². The first-order valence-electron chi connectivity index (χ1n) is 11.1. The van der Waals surface area contributed by atoms with Crippen LogP contribution in [0.25, 0.3) is 11.1 Å². The molecule has 0 saturated carbocycles. The molecule has 3 aromatic rings. The van der Waals surface area contributed by atoms with Gasteiger partial charge in [0, 0.05) is 32.3 Å². The normalized spacial score (nSPS) is 12.9. The molecule has 3 N–H and O–H groups in total. The number of nitrogens with zero attached hydrogens (tertiary/aromatic N) is 2. The molecule has 35 heavy (non-hydrogen) atoms. The van der Waals surface area contributed by atoms with Crippen LogP contribution in [0.4, 0.5) is 10.5 Å². The van der Waals surface area contributed by atoms with Crippen molar-refractivity contribution in [3.63, 3.8) is 0 Å². The molecule has 2 amide bonds. The minimum Gasteiger partial charge on any atom is -0.480 e. The molecular weight excluding hydrogens is 452 g/mol. The number of carbonyl (C=O) groups is 3. The van der Waals surface area contributed by atoms with Gasteiger partial charge in [0.2, 0.25) is 5.91 Å². The maximum atomic E-state index is 12.8. The monoisotopic (exact) mass is 478 g/mol. The van der Waals surface area contributed by atoms with Crippen LogP contribution in [0.3, 0.4) is 0 Å². The van der Waals surface area contributed by atoms with E-state index in [-0.39, 0.29) is 32.1 Å². The lowest BCUT2D eigenvalue weighted by Gasteiger charge is -2.19. The van der Waals surface area contributed by atoms with Gasteiger partial charge in [-0.1, -0.05) is 48.5 Å². The van der Waals surface area contributed by atoms with Crippen molar-refractivity contribution in [3.8, 4) is 11.1 Å². The predicted molar refractivity (Wildman–Crippen MR) is 127 cm³/mol. The summed E-state index contributed by atoms with van der Waals surface area (Å²) in [5, 5.41) is 18.0. The van der Waals surface area contributed by atoms with Crippen molar-refractivity contribution in [1.29, 1.82) is 0 Å². The van der Waals surface area contributed by atoms with E-state index in [4.69, 9.17) is 14.6 Å². The number of benzene rings is 2. The van der Waals surface area contributed by atoms with E-state index >= 15 is 0 Å². The van der Waals surface area contributed by atoms with Crippen LogP contribution in [0, 0.1) is 0 Å². The lowest BCUT2D eigenvalue weighted by molar-refractivity contribution is -0.137. The van der Waals surface area contributed by atoms with Gasteiger partial charge in [0.1, 0.15) is 19.2 Å². The number of carbonyl (C=O) groups excluding carboxylic acids is 2. The lowest BCUT2D eigenvalue weighted by atomic mass is 9.98. The predicted octanol–water partition coefficient (Wildman–Crippen LogP) is 2.85. The third kappa shape index (κ3) is 5.67. The van der Waals surface area contributed by atoms with Crippen molar-refractivity contribution < 1.29 is 29.0 Å². The molecule has 10 nitrogen and oxygen atoms in total. The minimum absolute atomic E-state index is 0.0977. The van der Waals surface area contributed by atoms with E-state index in [2.05, 4.69) is 27.9 Å². The largest absolute Gasteiger partial charge is 0.480 e. The maximum absolute atomic E-state index is 12.8. The van der Waals surface area contributed by atoms with Crippen molar-refractivity contribution in [3.05, 3.63) is 72.1 Å². The number of carboxylic acid groups (broad SMARTS) is 1. The fourth-order valence-electron chi connectivity index (χ4n) is 4.17. The molecule has 0 radical (unpaired) electrons. The Morgan fingerprint density at radius 2 is 1.74 bits per heavy atom. The molecule has 4 rings (SSSR count). The fraction of sp³-hybridized carbons (Fsp3) is 0.280. The number of ether oxygens (including phenoxy) is 2. The van der Waals surface area contributed by atoms with E-state index in [9.17, 15) is 14.4 Å². The van der Waals surface area contributed by atoms with E-state index < -0.39 is 24.0 Å². The van der Waals surface area contributed by atoms with Gasteiger partial charge in [0.15, 0.2) is 0 Å². The fourth-order valence-corrected chi connectivity index (χ4v) is 4.17. The molecule has 1 atom stereocenters. The van der Waals surface area contributed by atoms with Crippen LogP contribution in [0.15, 0.2) is 60.9 Å². The maximum Gasteiger partial charge on any atom is 0.407 e. The molecule has 182 valence electrons. The molecule has 0 spiro atoms. The van der Waals surface area contributed by atoms with E-state index in [1.54, 1.807) is 0 Å². The molecule has 0 fully saturated rings. The Balaban J connectivity index is 1.38. The highest BCUT2D eigenvalue weighted by atomic mass is 16.5. The molecule has 0 bridgehead atoms. The smallest absolute Gasteiger partial charge is 0.407 e. The number of rotatable bonds is 10. The highest BCUT2D eigenvalue weighted by Gasteiger charge is 2.30. The number of hydrogen-bond donors (Lipinski definition) is 3. The summed E-state index contributed by atoms with van der Waals surface area (Å²) in [6.07, 6.45) is 2.23. The lowest BCUT2D eigenvalue weighted by Crippen LogP contribution is -2.44. The number of methoxy groups -OCH3 is 1. The molecule has 0 saturated heterocycles. The number of nitrogens with one attached hydrogen (secondary N) is 2. The molecule has 1 aliphatic carbocycles. The summed E-state index contributed by atoms with van der Waals surface area (Å²) in [5.74, 6) is -1.65. The van der Waals surface area contributed by atoms with Crippen molar-refractivity contribution >= 4 is 23.7 Å². The second kappa shape index (κ2) is 10.8. The van der Waals surface area contributed by atoms with Gasteiger partial charge in [-0.05, 0) is 22.3 Å². The van der Waals surface area contributed by atoms with Gasteiger partial charge in [0.25, 0.3) is 0 Å². The van der Waals surface area contributed by atoms with Crippen LogP contribution in [-0.4, -0.2) is 59.2 Å². The zero-order valence-corrected chi connectivity index (χ0v) is 19.1. The molecule has 1 aliphatic rings. The van der Waals surface area contributed by atoms with E-state index in [1.807, 2.05) is 36.4 Å². The number of alkyl carbamates (subject to hydrolysis) is 1. The zero-order valence-electron chi connectivity index (χ0n) is 19.1. The molecule has 1 aromatic heterocycles. The Kier molecular flexibility index (Phi) is 7.41. The van der Waals surface area contributed by atoms with Gasteiger partial charge < -0.3 is 25.2 Å². The molecule has 0 aliphatic heterocycles. The molecule has 1 heterocycles. The summed E-state index contributed by atoms with van der Waals surface area (Å²) in [5.41, 5.74) is 4.74. The van der Waals surface area contributed by atoms with Gasteiger partial charge in [-0.2, -0.15) is 5.10 Å². The Labute approximate surface area is 201 Å². The Morgan fingerprint density at radius 1 is 1.09 bits per heavy atom. The topological polar surface area (TPSA) is 132 Å². The summed E-state index contributed by atoms with van der Waals surface area (Å²) >= 11 is 0. The summed E-state index contributed by atoms with van der Waals surface area (Å²) in [6, 6.07) is 15.1. The molecule has 1 unspecified atom stereocenters. The summed E-state index contributed by atoms with van der Waals surface area (Å²) in [6.45, 7) is 0.0292. The Hall–Kier alpha value is -4.18. The van der Waals surface area contributed by atoms with Crippen molar-refractivity contribution in [2.75, 3.05) is 25.6 Å². The third-order valence-corrected chi connectivity index (χ3v) is 5.76. The quantitative estimate of drug-likeness (QED) is 0.408. The zero-order chi connectivity index (χ0) is 24.8. The van der Waals surface area contributed by atoms with Crippen LogP contribution in [0.1, 0.15) is 23.5 Å². The van der Waals surface area contributed by atoms with Crippen molar-refractivity contribution in [1.82, 2.24) is 15.1 Å². The van der Waals surface area contributed by atoms with E-state index in [0.29, 0.717) is 5.69 Å². The first-order valence-corrected chi connectivity index (χ1v) is 11.1. The molecule has 2 aromatic carbocycles. The van der Waals surface area contributed by atoms with Gasteiger partial charge in [-0.3, -0.25) is 14.3 Å². The van der Waals surface area contributed by atoms with Crippen molar-refractivity contribution in [2.45, 2.75) is 24.9 Å². The number of amides is 2. The van der Waals surface area contributed by atoms with Crippen LogP contribution in [0.2, 0.25) is 0 Å². The molecular formula is C25H26N4O6. The van der Waals surface area contributed by atoms with E-state index in [1.165, 1.54) is 24.2 Å². The average Bonchev–Trinajstić information content (AvgIpc) is 3.41. The number of aliphatic carboxylic acids is 1. The highest BCUT2D eigenvalue weighted by Crippen LogP contribution is 2.44.